The van der Waals surface area contributed by atoms with Crippen molar-refractivity contribution in [3.05, 3.63) is 35.4 Å². The van der Waals surface area contributed by atoms with Gasteiger partial charge in [-0.05, 0) is 24.5 Å². The van der Waals surface area contributed by atoms with Crippen LogP contribution in [0.3, 0.4) is 0 Å². The number of imidazole rings is 1. The van der Waals surface area contributed by atoms with Crippen molar-refractivity contribution in [2.45, 2.75) is 5.16 Å². The fraction of sp³-hybridized carbons (Fsp3) is 0.294. The number of aromatic amines is 1. The van der Waals surface area contributed by atoms with Crippen molar-refractivity contribution in [2.24, 2.45) is 0 Å². The maximum Gasteiger partial charge on any atom is 0.179 e. The highest BCUT2D eigenvalue weighted by molar-refractivity contribution is 7.98. The van der Waals surface area contributed by atoms with Crippen LogP contribution in [0.5, 0.6) is 0 Å². The van der Waals surface area contributed by atoms with Crippen LogP contribution in [-0.4, -0.2) is 47.5 Å². The monoisotopic (exact) mass is 360 g/mol. The van der Waals surface area contributed by atoms with E-state index in [0.29, 0.717) is 10.7 Å². The lowest BCUT2D eigenvalue weighted by Gasteiger charge is -2.28. The molecule has 0 saturated carbocycles. The number of nitrogens with one attached hydrogen (secondary N) is 1. The molecule has 124 valence electrons. The zero-order valence-electron chi connectivity index (χ0n) is 13.3. The first-order chi connectivity index (χ1) is 11.7. The lowest BCUT2D eigenvalue weighted by molar-refractivity contribution is 0.122. The minimum Gasteiger partial charge on any atom is -0.378 e. The molecule has 1 aliphatic rings. The number of hydrogen-bond acceptors (Lipinski definition) is 5. The summed E-state index contributed by atoms with van der Waals surface area (Å²) in [4.78, 5) is 14.6. The molecule has 2 aromatic heterocycles. The number of hydrogen-bond donors (Lipinski definition) is 1. The molecule has 3 aromatic rings. The summed E-state index contributed by atoms with van der Waals surface area (Å²) in [7, 11) is 0. The number of nitrogens with zero attached hydrogens (tertiary/aromatic N) is 3. The number of aromatic nitrogens is 3. The first-order valence-electron chi connectivity index (χ1n) is 7.78. The third-order valence-corrected chi connectivity index (χ3v) is 4.98. The molecule has 24 heavy (non-hydrogen) atoms. The Balaban J connectivity index is 1.67. The van der Waals surface area contributed by atoms with Crippen LogP contribution in [0.4, 0.5) is 5.69 Å². The van der Waals surface area contributed by atoms with Crippen molar-refractivity contribution in [1.29, 1.82) is 0 Å². The van der Waals surface area contributed by atoms with E-state index in [1.807, 2.05) is 12.3 Å². The van der Waals surface area contributed by atoms with Crippen LogP contribution in [0, 0.1) is 0 Å². The van der Waals surface area contributed by atoms with Gasteiger partial charge in [0.1, 0.15) is 0 Å². The van der Waals surface area contributed by atoms with Crippen LogP contribution in [0.1, 0.15) is 0 Å². The third kappa shape index (κ3) is 2.97. The van der Waals surface area contributed by atoms with Crippen molar-refractivity contribution in [1.82, 2.24) is 15.0 Å². The Kier molecular flexibility index (Phi) is 4.35. The van der Waals surface area contributed by atoms with Crippen molar-refractivity contribution in [2.75, 3.05) is 37.5 Å². The van der Waals surface area contributed by atoms with Gasteiger partial charge in [0.05, 0.1) is 29.4 Å². The zero-order chi connectivity index (χ0) is 16.5. The molecular weight excluding hydrogens is 344 g/mol. The van der Waals surface area contributed by atoms with Crippen molar-refractivity contribution < 1.29 is 4.74 Å². The first-order valence-corrected chi connectivity index (χ1v) is 9.38. The van der Waals surface area contributed by atoms with Gasteiger partial charge in [0.25, 0.3) is 0 Å². The number of benzene rings is 1. The van der Waals surface area contributed by atoms with E-state index < -0.39 is 0 Å². The molecule has 1 aliphatic heterocycles. The average Bonchev–Trinajstić information content (AvgIpc) is 3.04. The number of thioether (sulfide) groups is 1. The van der Waals surface area contributed by atoms with Crippen molar-refractivity contribution >= 4 is 40.2 Å². The number of pyridine rings is 1. The number of halogens is 1. The molecule has 0 amide bonds. The summed E-state index contributed by atoms with van der Waals surface area (Å²) in [6.45, 7) is 3.41. The zero-order valence-corrected chi connectivity index (χ0v) is 14.8. The van der Waals surface area contributed by atoms with E-state index >= 15 is 0 Å². The fourth-order valence-corrected chi connectivity index (χ4v) is 3.50. The Morgan fingerprint density at radius 1 is 1.17 bits per heavy atom. The van der Waals surface area contributed by atoms with Crippen LogP contribution < -0.4 is 4.90 Å². The number of rotatable bonds is 3. The summed E-state index contributed by atoms with van der Waals surface area (Å²) in [5.74, 6) is 0. The predicted molar refractivity (Wildman–Crippen MR) is 99.1 cm³/mol. The van der Waals surface area contributed by atoms with Gasteiger partial charge in [-0.2, -0.15) is 0 Å². The molecule has 1 saturated heterocycles. The quantitative estimate of drug-likeness (QED) is 0.719. The molecule has 0 atom stereocenters. The minimum absolute atomic E-state index is 0.623. The molecule has 0 bridgehead atoms. The van der Waals surface area contributed by atoms with Gasteiger partial charge < -0.3 is 14.6 Å². The van der Waals surface area contributed by atoms with E-state index in [9.17, 15) is 0 Å². The number of morpholine rings is 1. The van der Waals surface area contributed by atoms with Crippen LogP contribution in [0.2, 0.25) is 5.02 Å². The molecule has 0 radical (unpaired) electrons. The SMILES string of the molecule is CSc1nc2nc(-c3ccc(N4CCOCC4)cc3)c(Cl)cc2[nH]1. The van der Waals surface area contributed by atoms with Gasteiger partial charge in [0.15, 0.2) is 10.8 Å². The Morgan fingerprint density at radius 3 is 2.62 bits per heavy atom. The number of ether oxygens (including phenoxy) is 1. The van der Waals surface area contributed by atoms with E-state index in [0.717, 1.165) is 48.2 Å². The predicted octanol–water partition coefficient (Wildman–Crippen LogP) is 3.84. The van der Waals surface area contributed by atoms with Crippen molar-refractivity contribution in [3.8, 4) is 11.3 Å². The lowest BCUT2D eigenvalue weighted by atomic mass is 10.1. The highest BCUT2D eigenvalue weighted by Crippen LogP contribution is 2.30. The molecule has 5 nitrogen and oxygen atoms in total. The van der Waals surface area contributed by atoms with Crippen LogP contribution in [0.15, 0.2) is 35.5 Å². The molecule has 4 rings (SSSR count). The standard InChI is InChI=1S/C17H17ClN4OS/c1-24-17-19-14-10-13(18)15(20-16(14)21-17)11-2-4-12(5-3-11)22-6-8-23-9-7-22/h2-5,10H,6-9H2,1H3,(H,19,20,21). The second-order valence-corrected chi connectivity index (χ2v) is 6.78. The molecule has 3 heterocycles. The first kappa shape index (κ1) is 15.7. The smallest absolute Gasteiger partial charge is 0.179 e. The van der Waals surface area contributed by atoms with Gasteiger partial charge in [-0.25, -0.2) is 9.97 Å². The minimum atomic E-state index is 0.623. The molecule has 1 N–H and O–H groups in total. The topological polar surface area (TPSA) is 54.0 Å². The van der Waals surface area contributed by atoms with Gasteiger partial charge in [0, 0.05) is 24.3 Å². The van der Waals surface area contributed by atoms with E-state index in [1.54, 1.807) is 11.8 Å². The summed E-state index contributed by atoms with van der Waals surface area (Å²) >= 11 is 7.99. The van der Waals surface area contributed by atoms with Crippen LogP contribution in [-0.2, 0) is 4.74 Å². The molecule has 1 fully saturated rings. The molecule has 7 heteroatoms. The van der Waals surface area contributed by atoms with Crippen LogP contribution >= 0.6 is 23.4 Å². The van der Waals surface area contributed by atoms with E-state index in [2.05, 4.69) is 44.1 Å². The highest BCUT2D eigenvalue weighted by Gasteiger charge is 2.14. The highest BCUT2D eigenvalue weighted by atomic mass is 35.5. The summed E-state index contributed by atoms with van der Waals surface area (Å²) in [5.41, 5.74) is 4.50. The van der Waals surface area contributed by atoms with Gasteiger partial charge in [0.2, 0.25) is 0 Å². The Labute approximate surface area is 149 Å². The average molecular weight is 361 g/mol. The van der Waals surface area contributed by atoms with Gasteiger partial charge in [-0.3, -0.25) is 0 Å². The number of H-pyrrole nitrogens is 1. The van der Waals surface area contributed by atoms with Gasteiger partial charge in [-0.15, -0.1) is 0 Å². The third-order valence-electron chi connectivity index (χ3n) is 4.12. The Morgan fingerprint density at radius 2 is 1.92 bits per heavy atom. The fourth-order valence-electron chi connectivity index (χ4n) is 2.85. The van der Waals surface area contributed by atoms with Gasteiger partial charge >= 0.3 is 0 Å². The van der Waals surface area contributed by atoms with E-state index in [-0.39, 0.29) is 0 Å². The summed E-state index contributed by atoms with van der Waals surface area (Å²) < 4.78 is 5.40. The summed E-state index contributed by atoms with van der Waals surface area (Å²) in [6.07, 6.45) is 1.98. The molecule has 0 aliphatic carbocycles. The van der Waals surface area contributed by atoms with Gasteiger partial charge in [-0.1, -0.05) is 35.5 Å². The maximum atomic E-state index is 6.43. The lowest BCUT2D eigenvalue weighted by Crippen LogP contribution is -2.36. The summed E-state index contributed by atoms with van der Waals surface area (Å²) in [6, 6.07) is 10.2. The van der Waals surface area contributed by atoms with E-state index in [1.165, 1.54) is 5.69 Å². The summed E-state index contributed by atoms with van der Waals surface area (Å²) in [5, 5.41) is 1.46. The molecule has 0 unspecified atom stereocenters. The molecule has 1 aromatic carbocycles. The largest absolute Gasteiger partial charge is 0.378 e. The molecular formula is C17H17ClN4OS. The normalized spacial score (nSPS) is 15.2. The Bertz CT molecular complexity index is 859. The second-order valence-electron chi connectivity index (χ2n) is 5.58. The van der Waals surface area contributed by atoms with Crippen LogP contribution in [0.25, 0.3) is 22.4 Å². The maximum absolute atomic E-state index is 6.43. The Hall–Kier alpha value is -1.76. The second kappa shape index (κ2) is 6.63. The number of fused-ring (bicyclic) bond motifs is 1. The van der Waals surface area contributed by atoms with Crippen molar-refractivity contribution in [3.63, 3.8) is 0 Å². The van der Waals surface area contributed by atoms with E-state index in [4.69, 9.17) is 16.3 Å². The molecule has 0 spiro atoms. The number of anilines is 1.